The summed E-state index contributed by atoms with van der Waals surface area (Å²) in [6, 6.07) is 2.21. The zero-order chi connectivity index (χ0) is 26.1. The lowest BCUT2D eigenvalue weighted by Crippen LogP contribution is -2.43. The first kappa shape index (κ1) is 27.1. The maximum absolute atomic E-state index is 15.3. The van der Waals surface area contributed by atoms with Crippen molar-refractivity contribution in [3.8, 4) is 11.5 Å². The predicted octanol–water partition coefficient (Wildman–Crippen LogP) is 1.62. The van der Waals surface area contributed by atoms with Gasteiger partial charge < -0.3 is 24.6 Å². The van der Waals surface area contributed by atoms with Crippen LogP contribution in [0.25, 0.3) is 0 Å². The van der Waals surface area contributed by atoms with E-state index in [1.54, 1.807) is 0 Å². The molecule has 1 aromatic heterocycles. The molecule has 12 nitrogen and oxygen atoms in total. The predicted molar refractivity (Wildman–Crippen MR) is 120 cm³/mol. The Kier molecular flexibility index (Phi) is 8.20. The molecule has 0 amide bonds. The first-order valence-corrected chi connectivity index (χ1v) is 11.7. The topological polar surface area (TPSA) is 175 Å². The summed E-state index contributed by atoms with van der Waals surface area (Å²) in [7, 11) is -2.85. The van der Waals surface area contributed by atoms with Crippen molar-refractivity contribution in [1.82, 2.24) is 9.55 Å². The number of ether oxygens (including phenoxy) is 2. The van der Waals surface area contributed by atoms with Gasteiger partial charge in [-0.15, -0.1) is 0 Å². The van der Waals surface area contributed by atoms with Gasteiger partial charge in [0.25, 0.3) is 5.56 Å². The normalized spacial score (nSPS) is 25.3. The van der Waals surface area contributed by atoms with Crippen LogP contribution in [0.1, 0.15) is 20.1 Å². The molecule has 190 valence electrons. The van der Waals surface area contributed by atoms with Gasteiger partial charge in [0.05, 0.1) is 5.02 Å². The molecule has 0 spiro atoms. The summed E-state index contributed by atoms with van der Waals surface area (Å²) in [4.78, 5) is 48.4. The smallest absolute Gasteiger partial charge is 0.395 e. The molecular formula is C19H19Cl2FN3O9P. The molecule has 16 heteroatoms. The number of H-pyrrole nitrogens is 1. The molecule has 3 N–H and O–H groups in total. The van der Waals surface area contributed by atoms with E-state index in [0.717, 1.165) is 23.8 Å². The Hall–Kier alpha value is -2.54. The van der Waals surface area contributed by atoms with Crippen LogP contribution >= 0.6 is 31.4 Å². The summed E-state index contributed by atoms with van der Waals surface area (Å²) in [6.45, 7) is 1.68. The summed E-state index contributed by atoms with van der Waals surface area (Å²) in [6.07, 6.45) is -3.69. The highest BCUT2D eigenvalue weighted by Gasteiger charge is 2.55. The number of carbonyl (C=O) groups is 1. The lowest BCUT2D eigenvalue weighted by Gasteiger charge is -2.24. The van der Waals surface area contributed by atoms with Crippen LogP contribution in [0.4, 0.5) is 4.39 Å². The second-order valence-electron chi connectivity index (χ2n) is 7.60. The molecule has 6 atom stereocenters. The molecule has 2 aromatic rings. The molecule has 1 aromatic carbocycles. The van der Waals surface area contributed by atoms with E-state index in [9.17, 15) is 24.4 Å². The number of halogens is 3. The number of hydrogen-bond donors (Lipinski definition) is 3. The van der Waals surface area contributed by atoms with Gasteiger partial charge >= 0.3 is 19.8 Å². The number of nitrogens with zero attached hydrogens (tertiary/aromatic N) is 2. The van der Waals surface area contributed by atoms with Gasteiger partial charge in [0.15, 0.2) is 23.7 Å². The van der Waals surface area contributed by atoms with Crippen LogP contribution in [0.3, 0.4) is 0 Å². The molecule has 1 aliphatic heterocycles. The Morgan fingerprint density at radius 2 is 2.11 bits per heavy atom. The van der Waals surface area contributed by atoms with Crippen LogP contribution in [0, 0.1) is 0 Å². The first-order chi connectivity index (χ1) is 16.3. The van der Waals surface area contributed by atoms with E-state index in [-0.39, 0.29) is 21.5 Å². The Balaban J connectivity index is 1.83. The van der Waals surface area contributed by atoms with Crippen molar-refractivity contribution in [3.63, 3.8) is 0 Å². The van der Waals surface area contributed by atoms with Crippen molar-refractivity contribution in [2.75, 3.05) is 6.61 Å². The Morgan fingerprint density at radius 1 is 1.43 bits per heavy atom. The number of carboxylic acids is 1. The zero-order valence-corrected chi connectivity index (χ0v) is 20.5. The van der Waals surface area contributed by atoms with Gasteiger partial charge in [-0.1, -0.05) is 27.9 Å². The summed E-state index contributed by atoms with van der Waals surface area (Å²) in [5, 5.41) is 19.2. The van der Waals surface area contributed by atoms with Crippen LogP contribution in [0.2, 0.25) is 10.0 Å². The fraction of sp³-hybridized carbons (Fsp3) is 0.421. The number of nitrogens with one attached hydrogen (secondary N) is 1. The number of benzene rings is 1. The lowest BCUT2D eigenvalue weighted by atomic mass is 9.98. The summed E-state index contributed by atoms with van der Waals surface area (Å²) < 4.78 is 35.8. The molecule has 3 rings (SSSR count). The molecular weight excluding hydrogens is 535 g/mol. The van der Waals surface area contributed by atoms with E-state index in [4.69, 9.17) is 42.3 Å². The molecule has 35 heavy (non-hydrogen) atoms. The molecule has 2 heterocycles. The quantitative estimate of drug-likeness (QED) is 0.410. The highest BCUT2D eigenvalue weighted by atomic mass is 35.5. The monoisotopic (exact) mass is 553 g/mol. The van der Waals surface area contributed by atoms with Crippen molar-refractivity contribution in [3.05, 3.63) is 55.3 Å². The number of rotatable bonds is 8. The minimum Gasteiger partial charge on any atom is -0.575 e. The number of alkyl halides is 1. The molecule has 1 unspecified atom stereocenters. The van der Waals surface area contributed by atoms with Gasteiger partial charge in [0, 0.05) is 12.3 Å². The van der Waals surface area contributed by atoms with E-state index in [1.165, 1.54) is 19.1 Å². The Morgan fingerprint density at radius 3 is 2.74 bits per heavy atom. The molecule has 1 saturated heterocycles. The Labute approximate surface area is 207 Å². The SMILES string of the molecule is C[C@H](N=[P+]([O-])Oc1ccc(Cl)c(Cl)c1OC[C@H]1O[C@@H](n2ccc(=O)[nH]c2=O)[C@](C)(F)[C@@H]1O)C(=O)O. The van der Waals surface area contributed by atoms with E-state index in [2.05, 4.69) is 4.74 Å². The molecule has 0 radical (unpaired) electrons. The van der Waals surface area contributed by atoms with Crippen molar-refractivity contribution in [1.29, 1.82) is 0 Å². The molecule has 1 aliphatic rings. The van der Waals surface area contributed by atoms with Gasteiger partial charge in [-0.2, -0.15) is 0 Å². The number of aliphatic hydroxyl groups is 1. The van der Waals surface area contributed by atoms with Gasteiger partial charge in [-0.05, 0) is 26.0 Å². The first-order valence-electron chi connectivity index (χ1n) is 9.86. The van der Waals surface area contributed by atoms with E-state index in [0.29, 0.717) is 0 Å². The Bertz CT molecular complexity index is 1270. The van der Waals surface area contributed by atoms with Crippen molar-refractivity contribution in [2.24, 2.45) is 4.74 Å². The number of aromatic amines is 1. The summed E-state index contributed by atoms with van der Waals surface area (Å²) in [5.74, 6) is -1.78. The van der Waals surface area contributed by atoms with E-state index < -0.39 is 62.1 Å². The van der Waals surface area contributed by atoms with Gasteiger partial charge in [-0.25, -0.2) is 14.0 Å². The standard InChI is InChI=1S/C19H19Cl2FN3O9P/c1-8(16(28)29)24-35(31)34-10-4-3-9(20)13(21)14(10)32-7-11-15(27)19(2,22)17(33-11)25-6-5-12(26)23-18(25)30/h3-6,8,11,15,17,27H,7H2,1-2H3,(H,28,29)(H,23,26,30)/t8-,11+,15+,17+,19+/m0/s1. The number of carboxylic acid groups (broad SMARTS) is 1. The van der Waals surface area contributed by atoms with Crippen LogP contribution in [-0.4, -0.2) is 56.3 Å². The van der Waals surface area contributed by atoms with Crippen molar-refractivity contribution >= 4 is 37.3 Å². The minimum atomic E-state index is -2.85. The molecule has 1 fully saturated rings. The number of aliphatic hydroxyl groups excluding tert-OH is 1. The number of hydrogen-bond acceptors (Lipinski definition) is 9. The summed E-state index contributed by atoms with van der Waals surface area (Å²) >= 11 is 12.2. The summed E-state index contributed by atoms with van der Waals surface area (Å²) in [5.41, 5.74) is -4.11. The van der Waals surface area contributed by atoms with E-state index in [1.807, 2.05) is 4.98 Å². The van der Waals surface area contributed by atoms with Crippen LogP contribution in [0.5, 0.6) is 11.5 Å². The number of aliphatic carboxylic acids is 1. The molecule has 0 bridgehead atoms. The van der Waals surface area contributed by atoms with Crippen LogP contribution in [0.15, 0.2) is 38.7 Å². The third-order valence-corrected chi connectivity index (χ3v) is 6.70. The van der Waals surface area contributed by atoms with Gasteiger partial charge in [-0.3, -0.25) is 18.9 Å². The van der Waals surface area contributed by atoms with Gasteiger partial charge in [0.1, 0.15) is 23.8 Å². The molecule has 0 aliphatic carbocycles. The maximum atomic E-state index is 15.3. The highest BCUT2D eigenvalue weighted by molar-refractivity contribution is 7.34. The molecule has 0 saturated carbocycles. The third kappa shape index (κ3) is 5.83. The number of aromatic nitrogens is 2. The van der Waals surface area contributed by atoms with Crippen LogP contribution in [-0.2, 0) is 9.53 Å². The highest BCUT2D eigenvalue weighted by Crippen LogP contribution is 2.44. The van der Waals surface area contributed by atoms with Crippen molar-refractivity contribution < 1.29 is 38.3 Å². The second-order valence-corrected chi connectivity index (χ2v) is 9.27. The van der Waals surface area contributed by atoms with Crippen molar-refractivity contribution in [2.45, 2.75) is 44.0 Å². The average molecular weight is 554 g/mol. The maximum Gasteiger partial charge on any atom is 0.395 e. The van der Waals surface area contributed by atoms with Crippen LogP contribution < -0.4 is 25.4 Å². The third-order valence-electron chi connectivity index (χ3n) is 5.03. The minimum absolute atomic E-state index is 0.0148. The largest absolute Gasteiger partial charge is 0.575 e. The lowest BCUT2D eigenvalue weighted by molar-refractivity contribution is -0.169. The fourth-order valence-corrected chi connectivity index (χ4v) is 4.25. The second kappa shape index (κ2) is 10.6. The average Bonchev–Trinajstić information content (AvgIpc) is 2.99. The van der Waals surface area contributed by atoms with Gasteiger partial charge in [0.2, 0.25) is 5.75 Å². The zero-order valence-electron chi connectivity index (χ0n) is 18.1. The van der Waals surface area contributed by atoms with E-state index >= 15 is 4.39 Å². The fourth-order valence-electron chi connectivity index (χ4n) is 3.15.